The predicted octanol–water partition coefficient (Wildman–Crippen LogP) is 3.14. The number of nitrogens with zero attached hydrogens (tertiary/aromatic N) is 4. The number of amides is 1. The highest BCUT2D eigenvalue weighted by atomic mass is 16.5. The van der Waals surface area contributed by atoms with Crippen LogP contribution in [0.15, 0.2) is 55.0 Å². The Balaban J connectivity index is 1.18. The minimum Gasteiger partial charge on any atom is -0.476 e. The van der Waals surface area contributed by atoms with E-state index in [9.17, 15) is 4.79 Å². The van der Waals surface area contributed by atoms with Gasteiger partial charge in [-0.1, -0.05) is 18.2 Å². The van der Waals surface area contributed by atoms with Crippen LogP contribution in [0.3, 0.4) is 0 Å². The number of fused-ring (bicyclic) bond motifs is 2. The van der Waals surface area contributed by atoms with E-state index in [-0.39, 0.29) is 5.91 Å². The quantitative estimate of drug-likeness (QED) is 0.595. The number of ether oxygens (including phenoxy) is 1. The van der Waals surface area contributed by atoms with Crippen molar-refractivity contribution >= 4 is 22.5 Å². The third-order valence-corrected chi connectivity index (χ3v) is 5.42. The topological polar surface area (TPSA) is 75.5 Å². The molecule has 7 nitrogen and oxygen atoms in total. The Morgan fingerprint density at radius 1 is 1.18 bits per heavy atom. The van der Waals surface area contributed by atoms with Crippen LogP contribution in [0.4, 0.5) is 0 Å². The highest BCUT2D eigenvalue weighted by Crippen LogP contribution is 2.24. The molecule has 0 bridgehead atoms. The molecule has 1 aliphatic heterocycles. The smallest absolute Gasteiger partial charge is 0.256 e. The number of likely N-dealkylation sites (tertiary alicyclic amines) is 1. The van der Waals surface area contributed by atoms with E-state index in [1.165, 1.54) is 0 Å². The van der Waals surface area contributed by atoms with Crippen molar-refractivity contribution in [2.75, 3.05) is 19.7 Å². The molecule has 0 atom stereocenters. The summed E-state index contributed by atoms with van der Waals surface area (Å²) in [6, 6.07) is 11.7. The van der Waals surface area contributed by atoms with E-state index in [0.29, 0.717) is 18.4 Å². The van der Waals surface area contributed by atoms with Gasteiger partial charge in [0, 0.05) is 48.6 Å². The molecule has 1 saturated heterocycles. The van der Waals surface area contributed by atoms with E-state index in [0.717, 1.165) is 48.0 Å². The number of rotatable bonds is 4. The summed E-state index contributed by atoms with van der Waals surface area (Å²) >= 11 is 0. The number of para-hydroxylation sites is 1. The van der Waals surface area contributed by atoms with Crippen molar-refractivity contribution in [3.63, 3.8) is 0 Å². The van der Waals surface area contributed by atoms with Crippen LogP contribution in [0.5, 0.6) is 5.88 Å². The van der Waals surface area contributed by atoms with E-state index in [1.54, 1.807) is 16.9 Å². The summed E-state index contributed by atoms with van der Waals surface area (Å²) in [6.07, 6.45) is 7.20. The first-order valence-corrected chi connectivity index (χ1v) is 9.56. The molecule has 3 aromatic heterocycles. The summed E-state index contributed by atoms with van der Waals surface area (Å²) in [7, 11) is 0. The number of piperidine rings is 1. The lowest BCUT2D eigenvalue weighted by Crippen LogP contribution is -2.39. The summed E-state index contributed by atoms with van der Waals surface area (Å²) in [6.45, 7) is 2.11. The standard InChI is InChI=1S/C21H21N5O2/c27-21(17-13-23-18-4-2-1-3-16(17)18)25-10-7-15(8-11-25)14-28-20-6-5-19-22-9-12-26(19)24-20/h1-6,9,12-13,15,23H,7-8,10-11,14H2. The van der Waals surface area contributed by atoms with Crippen molar-refractivity contribution in [3.05, 3.63) is 60.6 Å². The molecule has 1 aliphatic rings. The fourth-order valence-electron chi connectivity index (χ4n) is 3.80. The van der Waals surface area contributed by atoms with Crippen LogP contribution in [-0.2, 0) is 0 Å². The van der Waals surface area contributed by atoms with Crippen LogP contribution >= 0.6 is 0 Å². The molecule has 1 fully saturated rings. The minimum absolute atomic E-state index is 0.101. The molecule has 4 heterocycles. The van der Waals surface area contributed by atoms with Crippen molar-refractivity contribution in [2.45, 2.75) is 12.8 Å². The zero-order valence-corrected chi connectivity index (χ0v) is 15.4. The Kier molecular flexibility index (Phi) is 4.20. The molecule has 0 saturated carbocycles. The Bertz CT molecular complexity index is 1120. The summed E-state index contributed by atoms with van der Waals surface area (Å²) in [5.41, 5.74) is 2.55. The van der Waals surface area contributed by atoms with Gasteiger partial charge >= 0.3 is 0 Å². The molecule has 28 heavy (non-hydrogen) atoms. The molecule has 0 aliphatic carbocycles. The molecule has 1 N–H and O–H groups in total. The van der Waals surface area contributed by atoms with Gasteiger partial charge < -0.3 is 14.6 Å². The van der Waals surface area contributed by atoms with Crippen LogP contribution < -0.4 is 4.74 Å². The fourth-order valence-corrected chi connectivity index (χ4v) is 3.80. The average Bonchev–Trinajstić information content (AvgIpc) is 3.38. The molecule has 0 radical (unpaired) electrons. The Morgan fingerprint density at radius 3 is 2.93 bits per heavy atom. The van der Waals surface area contributed by atoms with Gasteiger partial charge in [-0.05, 0) is 30.9 Å². The monoisotopic (exact) mass is 375 g/mol. The number of aromatic amines is 1. The largest absolute Gasteiger partial charge is 0.476 e. The lowest BCUT2D eigenvalue weighted by atomic mass is 9.97. The van der Waals surface area contributed by atoms with Crippen LogP contribution in [0.1, 0.15) is 23.2 Å². The van der Waals surface area contributed by atoms with Gasteiger partial charge in [0.05, 0.1) is 12.2 Å². The average molecular weight is 375 g/mol. The van der Waals surface area contributed by atoms with Crippen molar-refractivity contribution < 1.29 is 9.53 Å². The normalized spacial score (nSPS) is 15.4. The number of carbonyl (C=O) groups is 1. The molecule has 0 spiro atoms. The van der Waals surface area contributed by atoms with E-state index >= 15 is 0 Å². The number of nitrogens with one attached hydrogen (secondary N) is 1. The third-order valence-electron chi connectivity index (χ3n) is 5.42. The van der Waals surface area contributed by atoms with Gasteiger partial charge in [0.1, 0.15) is 0 Å². The maximum absolute atomic E-state index is 12.9. The van der Waals surface area contributed by atoms with Crippen LogP contribution in [0.25, 0.3) is 16.6 Å². The second-order valence-corrected chi connectivity index (χ2v) is 7.20. The Hall–Kier alpha value is -3.35. The number of hydrogen-bond acceptors (Lipinski definition) is 4. The van der Waals surface area contributed by atoms with Crippen LogP contribution in [0, 0.1) is 5.92 Å². The molecule has 0 unspecified atom stereocenters. The minimum atomic E-state index is 0.101. The van der Waals surface area contributed by atoms with Crippen molar-refractivity contribution in [3.8, 4) is 5.88 Å². The van der Waals surface area contributed by atoms with Gasteiger partial charge in [0.25, 0.3) is 5.91 Å². The number of benzene rings is 1. The molecule has 1 amide bonds. The zero-order valence-electron chi connectivity index (χ0n) is 15.4. The number of aromatic nitrogens is 4. The molecular formula is C21H21N5O2. The van der Waals surface area contributed by atoms with Crippen LogP contribution in [-0.4, -0.2) is 50.1 Å². The number of imidazole rings is 1. The zero-order chi connectivity index (χ0) is 18.9. The lowest BCUT2D eigenvalue weighted by Gasteiger charge is -2.31. The second-order valence-electron chi connectivity index (χ2n) is 7.20. The summed E-state index contributed by atoms with van der Waals surface area (Å²) in [5, 5.41) is 5.37. The van der Waals surface area contributed by atoms with E-state index in [4.69, 9.17) is 4.74 Å². The fraction of sp³-hybridized carbons (Fsp3) is 0.286. The molecule has 7 heteroatoms. The van der Waals surface area contributed by atoms with Gasteiger partial charge in [-0.3, -0.25) is 4.79 Å². The van der Waals surface area contributed by atoms with E-state index in [1.807, 2.05) is 47.5 Å². The molecular weight excluding hydrogens is 354 g/mol. The van der Waals surface area contributed by atoms with E-state index < -0.39 is 0 Å². The summed E-state index contributed by atoms with van der Waals surface area (Å²) < 4.78 is 7.59. The van der Waals surface area contributed by atoms with Gasteiger partial charge in [-0.2, -0.15) is 0 Å². The molecule has 142 valence electrons. The third kappa shape index (κ3) is 3.09. The van der Waals surface area contributed by atoms with Gasteiger partial charge in [0.15, 0.2) is 5.65 Å². The van der Waals surface area contributed by atoms with Gasteiger partial charge in [-0.25, -0.2) is 9.50 Å². The second kappa shape index (κ2) is 6.99. The van der Waals surface area contributed by atoms with Gasteiger partial charge in [0.2, 0.25) is 5.88 Å². The molecule has 5 rings (SSSR count). The Labute approximate surface area is 161 Å². The number of hydrogen-bond donors (Lipinski definition) is 1. The SMILES string of the molecule is O=C(c1c[nH]c2ccccc12)N1CCC(COc2ccc3nccn3n2)CC1. The first-order chi connectivity index (χ1) is 13.8. The van der Waals surface area contributed by atoms with Crippen molar-refractivity contribution in [1.29, 1.82) is 0 Å². The maximum atomic E-state index is 12.9. The first kappa shape index (κ1) is 16.8. The predicted molar refractivity (Wildman–Crippen MR) is 105 cm³/mol. The lowest BCUT2D eigenvalue weighted by molar-refractivity contribution is 0.0661. The van der Waals surface area contributed by atoms with Crippen molar-refractivity contribution in [1.82, 2.24) is 24.5 Å². The number of carbonyl (C=O) groups excluding carboxylic acids is 1. The number of H-pyrrole nitrogens is 1. The molecule has 1 aromatic carbocycles. The first-order valence-electron chi connectivity index (χ1n) is 9.56. The van der Waals surface area contributed by atoms with Crippen LogP contribution in [0.2, 0.25) is 0 Å². The molecule has 4 aromatic rings. The Morgan fingerprint density at radius 2 is 2.04 bits per heavy atom. The van der Waals surface area contributed by atoms with Gasteiger partial charge in [-0.15, -0.1) is 5.10 Å². The van der Waals surface area contributed by atoms with E-state index in [2.05, 4.69) is 15.1 Å². The summed E-state index contributed by atoms with van der Waals surface area (Å²) in [5.74, 6) is 1.12. The highest BCUT2D eigenvalue weighted by Gasteiger charge is 2.25. The van der Waals surface area contributed by atoms with Crippen molar-refractivity contribution in [2.24, 2.45) is 5.92 Å². The highest BCUT2D eigenvalue weighted by molar-refractivity contribution is 6.06. The summed E-state index contributed by atoms with van der Waals surface area (Å²) in [4.78, 5) is 22.2. The maximum Gasteiger partial charge on any atom is 0.256 e.